The van der Waals surface area contributed by atoms with Crippen LogP contribution < -0.4 is 0 Å². The molecule has 0 saturated heterocycles. The van der Waals surface area contributed by atoms with Crippen molar-refractivity contribution in [3.63, 3.8) is 0 Å². The summed E-state index contributed by atoms with van der Waals surface area (Å²) in [6, 6.07) is 5.25. The zero-order valence-corrected chi connectivity index (χ0v) is 9.46. The summed E-state index contributed by atoms with van der Waals surface area (Å²) in [5, 5.41) is 0.631. The van der Waals surface area contributed by atoms with Crippen molar-refractivity contribution in [3.8, 4) is 0 Å². The number of Topliss-reactive ketones (excluding diaryl/α,β-unsaturated/α-hetero) is 2. The number of rotatable bonds is 2. The maximum absolute atomic E-state index is 12.0. The highest BCUT2D eigenvalue weighted by molar-refractivity contribution is 6.31. The van der Waals surface area contributed by atoms with Gasteiger partial charge in [-0.15, -0.1) is 0 Å². The van der Waals surface area contributed by atoms with Gasteiger partial charge in [-0.25, -0.2) is 0 Å². The van der Waals surface area contributed by atoms with Gasteiger partial charge in [0.2, 0.25) is 0 Å². The minimum absolute atomic E-state index is 0.0106. The highest BCUT2D eigenvalue weighted by Crippen LogP contribution is 2.37. The molecule has 0 spiro atoms. The molecule has 16 heavy (non-hydrogen) atoms. The summed E-state index contributed by atoms with van der Waals surface area (Å²) in [6.07, 6.45) is 2.46. The van der Waals surface area contributed by atoms with Gasteiger partial charge in [-0.1, -0.05) is 11.6 Å². The molecule has 1 aromatic rings. The van der Waals surface area contributed by atoms with E-state index in [9.17, 15) is 9.59 Å². The van der Waals surface area contributed by atoms with E-state index in [1.807, 2.05) is 0 Å². The zero-order chi connectivity index (χ0) is 11.3. The number of hydrogen-bond donors (Lipinski definition) is 0. The van der Waals surface area contributed by atoms with Crippen LogP contribution >= 0.6 is 11.6 Å². The number of carbonyl (C=O) groups excluding carboxylic acids is 2. The summed E-state index contributed by atoms with van der Waals surface area (Å²) >= 11 is 5.88. The first-order valence-corrected chi connectivity index (χ1v) is 5.91. The van der Waals surface area contributed by atoms with Crippen LogP contribution in [-0.2, 0) is 11.2 Å². The third kappa shape index (κ3) is 1.49. The Balaban J connectivity index is 1.93. The first kappa shape index (κ1) is 10.0. The Kier molecular flexibility index (Phi) is 2.15. The van der Waals surface area contributed by atoms with Gasteiger partial charge in [-0.3, -0.25) is 9.59 Å². The second-order valence-electron chi connectivity index (χ2n) is 4.60. The Bertz CT molecular complexity index is 489. The van der Waals surface area contributed by atoms with Crippen molar-refractivity contribution in [1.29, 1.82) is 0 Å². The lowest BCUT2D eigenvalue weighted by atomic mass is 9.96. The Hall–Kier alpha value is -1.15. The SMILES string of the molecule is O=C1c2ccc(Cl)cc2CC1C(=O)C1CC1. The van der Waals surface area contributed by atoms with Crippen LogP contribution in [0.4, 0.5) is 0 Å². The van der Waals surface area contributed by atoms with E-state index in [0.29, 0.717) is 17.0 Å². The van der Waals surface area contributed by atoms with Gasteiger partial charge >= 0.3 is 0 Å². The fraction of sp³-hybridized carbons (Fsp3) is 0.385. The second-order valence-corrected chi connectivity index (χ2v) is 5.04. The molecule has 0 bridgehead atoms. The standard InChI is InChI=1S/C13H11ClO2/c14-9-3-4-10-8(5-9)6-11(13(10)16)12(15)7-1-2-7/h3-5,7,11H,1-2,6H2. The van der Waals surface area contributed by atoms with Gasteiger partial charge in [-0.05, 0) is 43.0 Å². The normalized spacial score (nSPS) is 23.3. The molecular weight excluding hydrogens is 224 g/mol. The fourth-order valence-corrected chi connectivity index (χ4v) is 2.55. The van der Waals surface area contributed by atoms with E-state index in [1.165, 1.54) is 0 Å². The van der Waals surface area contributed by atoms with Gasteiger partial charge in [0.25, 0.3) is 0 Å². The summed E-state index contributed by atoms with van der Waals surface area (Å²) in [7, 11) is 0. The van der Waals surface area contributed by atoms with Crippen LogP contribution in [0.5, 0.6) is 0 Å². The van der Waals surface area contributed by atoms with Gasteiger partial charge in [0, 0.05) is 16.5 Å². The average Bonchev–Trinajstić information content (AvgIpc) is 3.04. The molecule has 2 nitrogen and oxygen atoms in total. The molecule has 2 aliphatic rings. The van der Waals surface area contributed by atoms with Crippen molar-refractivity contribution in [2.24, 2.45) is 11.8 Å². The summed E-state index contributed by atoms with van der Waals surface area (Å²) < 4.78 is 0. The third-order valence-corrected chi connectivity index (χ3v) is 3.63. The molecule has 0 aromatic heterocycles. The average molecular weight is 235 g/mol. The molecular formula is C13H11ClO2. The van der Waals surface area contributed by atoms with Crippen molar-refractivity contribution in [2.75, 3.05) is 0 Å². The zero-order valence-electron chi connectivity index (χ0n) is 8.70. The first-order chi connectivity index (χ1) is 7.66. The van der Waals surface area contributed by atoms with E-state index in [2.05, 4.69) is 0 Å². The van der Waals surface area contributed by atoms with E-state index in [1.54, 1.807) is 18.2 Å². The number of halogens is 1. The first-order valence-electron chi connectivity index (χ1n) is 5.53. The molecule has 0 amide bonds. The third-order valence-electron chi connectivity index (χ3n) is 3.40. The van der Waals surface area contributed by atoms with Crippen LogP contribution in [0.25, 0.3) is 0 Å². The number of ketones is 2. The Labute approximate surface area is 98.6 Å². The second kappa shape index (κ2) is 3.42. The number of benzene rings is 1. The molecule has 1 unspecified atom stereocenters. The van der Waals surface area contributed by atoms with Crippen LogP contribution in [0.1, 0.15) is 28.8 Å². The molecule has 0 radical (unpaired) electrons. The van der Waals surface area contributed by atoms with Crippen LogP contribution in [-0.4, -0.2) is 11.6 Å². The highest BCUT2D eigenvalue weighted by Gasteiger charge is 2.42. The van der Waals surface area contributed by atoms with Gasteiger partial charge in [0.05, 0.1) is 5.92 Å². The lowest BCUT2D eigenvalue weighted by Gasteiger charge is -2.04. The summed E-state index contributed by atoms with van der Waals surface area (Å²) in [5.74, 6) is -0.152. The topological polar surface area (TPSA) is 34.1 Å². The molecule has 0 aliphatic heterocycles. The molecule has 0 heterocycles. The van der Waals surface area contributed by atoms with Crippen LogP contribution in [0.3, 0.4) is 0 Å². The molecule has 1 aromatic carbocycles. The minimum atomic E-state index is -0.430. The van der Waals surface area contributed by atoms with Crippen molar-refractivity contribution in [3.05, 3.63) is 34.3 Å². The predicted molar refractivity (Wildman–Crippen MR) is 60.7 cm³/mol. The van der Waals surface area contributed by atoms with Crippen LogP contribution in [0, 0.1) is 11.8 Å². The van der Waals surface area contributed by atoms with Crippen LogP contribution in [0.15, 0.2) is 18.2 Å². The van der Waals surface area contributed by atoms with Gasteiger partial charge in [-0.2, -0.15) is 0 Å². The molecule has 3 rings (SSSR count). The quantitative estimate of drug-likeness (QED) is 0.738. The maximum Gasteiger partial charge on any atom is 0.173 e. The Morgan fingerprint density at radius 2 is 2.06 bits per heavy atom. The molecule has 2 aliphatic carbocycles. The molecule has 1 saturated carbocycles. The largest absolute Gasteiger partial charge is 0.299 e. The monoisotopic (exact) mass is 234 g/mol. The Morgan fingerprint density at radius 1 is 1.31 bits per heavy atom. The van der Waals surface area contributed by atoms with E-state index in [-0.39, 0.29) is 17.5 Å². The number of fused-ring (bicyclic) bond motifs is 1. The lowest BCUT2D eigenvalue weighted by Crippen LogP contribution is -2.22. The lowest BCUT2D eigenvalue weighted by molar-refractivity contribution is -0.122. The van der Waals surface area contributed by atoms with Crippen molar-refractivity contribution in [1.82, 2.24) is 0 Å². The van der Waals surface area contributed by atoms with Crippen molar-refractivity contribution < 1.29 is 9.59 Å². The fourth-order valence-electron chi connectivity index (χ4n) is 2.35. The summed E-state index contributed by atoms with van der Waals surface area (Å²) in [6.45, 7) is 0. The van der Waals surface area contributed by atoms with E-state index in [0.717, 1.165) is 18.4 Å². The molecule has 1 fully saturated rings. The van der Waals surface area contributed by atoms with E-state index >= 15 is 0 Å². The molecule has 0 N–H and O–H groups in total. The number of carbonyl (C=O) groups is 2. The molecule has 82 valence electrons. The van der Waals surface area contributed by atoms with E-state index in [4.69, 9.17) is 11.6 Å². The minimum Gasteiger partial charge on any atom is -0.299 e. The van der Waals surface area contributed by atoms with Gasteiger partial charge in [0.1, 0.15) is 5.78 Å². The van der Waals surface area contributed by atoms with Crippen molar-refractivity contribution >= 4 is 23.2 Å². The summed E-state index contributed by atoms with van der Waals surface area (Å²) in [5.41, 5.74) is 1.61. The summed E-state index contributed by atoms with van der Waals surface area (Å²) in [4.78, 5) is 23.9. The number of hydrogen-bond acceptors (Lipinski definition) is 2. The Morgan fingerprint density at radius 3 is 2.75 bits per heavy atom. The van der Waals surface area contributed by atoms with E-state index < -0.39 is 5.92 Å². The molecule has 3 heteroatoms. The van der Waals surface area contributed by atoms with Gasteiger partial charge in [0.15, 0.2) is 5.78 Å². The highest BCUT2D eigenvalue weighted by atomic mass is 35.5. The van der Waals surface area contributed by atoms with Gasteiger partial charge < -0.3 is 0 Å². The van der Waals surface area contributed by atoms with Crippen LogP contribution in [0.2, 0.25) is 5.02 Å². The molecule has 1 atom stereocenters. The van der Waals surface area contributed by atoms with Crippen molar-refractivity contribution in [2.45, 2.75) is 19.3 Å². The maximum atomic E-state index is 12.0. The predicted octanol–water partition coefficient (Wildman–Crippen LogP) is 2.67. The smallest absolute Gasteiger partial charge is 0.173 e.